The SMILES string of the molecule is CCc1cc(=O)n2nc(NCc3nc(-c4ccccc4F)cs3)sc2n1. The van der Waals surface area contributed by atoms with E-state index in [4.69, 9.17) is 0 Å². The Kier molecular flexibility index (Phi) is 4.48. The maximum atomic E-state index is 13.9. The van der Waals surface area contributed by atoms with Crippen molar-refractivity contribution in [3.63, 3.8) is 0 Å². The fourth-order valence-corrected chi connectivity index (χ4v) is 4.00. The summed E-state index contributed by atoms with van der Waals surface area (Å²) in [7, 11) is 0. The van der Waals surface area contributed by atoms with Crippen LogP contribution >= 0.6 is 22.7 Å². The lowest BCUT2D eigenvalue weighted by molar-refractivity contribution is 0.631. The maximum absolute atomic E-state index is 13.9. The van der Waals surface area contributed by atoms with Crippen molar-refractivity contribution in [1.29, 1.82) is 0 Å². The van der Waals surface area contributed by atoms with Gasteiger partial charge in [-0.1, -0.05) is 30.4 Å². The Bertz CT molecular complexity index is 1130. The van der Waals surface area contributed by atoms with E-state index in [2.05, 4.69) is 20.4 Å². The van der Waals surface area contributed by atoms with E-state index >= 15 is 0 Å². The van der Waals surface area contributed by atoms with Gasteiger partial charge in [0.25, 0.3) is 5.56 Å². The molecular weight excluding hydrogens is 373 g/mol. The van der Waals surface area contributed by atoms with Crippen molar-refractivity contribution in [2.24, 2.45) is 0 Å². The molecule has 0 radical (unpaired) electrons. The van der Waals surface area contributed by atoms with Crippen LogP contribution in [0.15, 0.2) is 40.5 Å². The van der Waals surface area contributed by atoms with Gasteiger partial charge >= 0.3 is 0 Å². The second-order valence-electron chi connectivity index (χ2n) is 5.50. The summed E-state index contributed by atoms with van der Waals surface area (Å²) in [6.07, 6.45) is 0.699. The lowest BCUT2D eigenvalue weighted by Gasteiger charge is -1.99. The number of halogens is 1. The van der Waals surface area contributed by atoms with Gasteiger partial charge in [0.05, 0.1) is 12.2 Å². The van der Waals surface area contributed by atoms with Crippen LogP contribution in [0.4, 0.5) is 9.52 Å². The number of fused-ring (bicyclic) bond motifs is 1. The first-order valence-electron chi connectivity index (χ1n) is 7.97. The smallest absolute Gasteiger partial charge is 0.275 e. The summed E-state index contributed by atoms with van der Waals surface area (Å²) in [5.74, 6) is -0.291. The zero-order valence-electron chi connectivity index (χ0n) is 13.8. The van der Waals surface area contributed by atoms with Crippen LogP contribution in [0.25, 0.3) is 16.2 Å². The largest absolute Gasteiger partial charge is 0.354 e. The van der Waals surface area contributed by atoms with E-state index in [-0.39, 0.29) is 11.4 Å². The third-order valence-electron chi connectivity index (χ3n) is 3.75. The fraction of sp³-hybridized carbons (Fsp3) is 0.176. The minimum absolute atomic E-state index is 0.188. The van der Waals surface area contributed by atoms with Crippen molar-refractivity contribution in [2.75, 3.05) is 5.32 Å². The van der Waals surface area contributed by atoms with Crippen LogP contribution in [0, 0.1) is 5.82 Å². The Morgan fingerprint density at radius 1 is 1.27 bits per heavy atom. The monoisotopic (exact) mass is 387 g/mol. The lowest BCUT2D eigenvalue weighted by atomic mass is 10.2. The fourth-order valence-electron chi connectivity index (χ4n) is 2.44. The molecule has 3 heterocycles. The number of benzene rings is 1. The Hall–Kier alpha value is -2.65. The van der Waals surface area contributed by atoms with Gasteiger partial charge in [-0.2, -0.15) is 4.52 Å². The van der Waals surface area contributed by atoms with Crippen molar-refractivity contribution < 1.29 is 4.39 Å². The molecule has 0 atom stereocenters. The van der Waals surface area contributed by atoms with Gasteiger partial charge in [0, 0.05) is 22.7 Å². The Balaban J connectivity index is 1.53. The van der Waals surface area contributed by atoms with Crippen molar-refractivity contribution in [3.05, 3.63) is 62.6 Å². The number of anilines is 1. The van der Waals surface area contributed by atoms with Crippen molar-refractivity contribution in [3.8, 4) is 11.3 Å². The van der Waals surface area contributed by atoms with Gasteiger partial charge in [0.15, 0.2) is 0 Å². The van der Waals surface area contributed by atoms with E-state index in [1.54, 1.807) is 18.2 Å². The quantitative estimate of drug-likeness (QED) is 0.567. The number of nitrogens with zero attached hydrogens (tertiary/aromatic N) is 4. The molecule has 0 unspecified atom stereocenters. The van der Waals surface area contributed by atoms with Crippen LogP contribution in [0.2, 0.25) is 0 Å². The second-order valence-corrected chi connectivity index (χ2v) is 7.40. The van der Waals surface area contributed by atoms with Crippen LogP contribution in [0.3, 0.4) is 0 Å². The van der Waals surface area contributed by atoms with Gasteiger partial charge in [-0.05, 0) is 18.6 Å². The average Bonchev–Trinajstić information content (AvgIpc) is 3.27. The van der Waals surface area contributed by atoms with Crippen LogP contribution in [0.1, 0.15) is 17.6 Å². The Morgan fingerprint density at radius 2 is 2.12 bits per heavy atom. The van der Waals surface area contributed by atoms with E-state index < -0.39 is 0 Å². The van der Waals surface area contributed by atoms with Crippen LogP contribution in [-0.4, -0.2) is 19.6 Å². The molecule has 26 heavy (non-hydrogen) atoms. The summed E-state index contributed by atoms with van der Waals surface area (Å²) in [6.45, 7) is 2.39. The number of nitrogens with one attached hydrogen (secondary N) is 1. The molecule has 1 aromatic carbocycles. The average molecular weight is 387 g/mol. The summed E-state index contributed by atoms with van der Waals surface area (Å²) >= 11 is 2.75. The highest BCUT2D eigenvalue weighted by Crippen LogP contribution is 2.25. The molecule has 0 aliphatic rings. The Morgan fingerprint density at radius 3 is 2.92 bits per heavy atom. The van der Waals surface area contributed by atoms with Gasteiger partial charge in [-0.15, -0.1) is 16.4 Å². The van der Waals surface area contributed by atoms with Crippen LogP contribution in [-0.2, 0) is 13.0 Å². The molecule has 9 heteroatoms. The highest BCUT2D eigenvalue weighted by molar-refractivity contribution is 7.20. The number of hydrogen-bond acceptors (Lipinski definition) is 7. The number of thiazole rings is 1. The zero-order valence-corrected chi connectivity index (χ0v) is 15.4. The van der Waals surface area contributed by atoms with E-state index in [0.717, 1.165) is 10.7 Å². The van der Waals surface area contributed by atoms with Crippen molar-refractivity contribution >= 4 is 32.8 Å². The molecule has 132 valence electrons. The molecule has 0 aliphatic carbocycles. The molecule has 4 aromatic rings. The molecule has 0 amide bonds. The third-order valence-corrected chi connectivity index (χ3v) is 5.47. The molecule has 3 aromatic heterocycles. The number of aromatic nitrogens is 4. The van der Waals surface area contributed by atoms with Crippen molar-refractivity contribution in [2.45, 2.75) is 19.9 Å². The van der Waals surface area contributed by atoms with E-state index in [9.17, 15) is 9.18 Å². The summed E-state index contributed by atoms with van der Waals surface area (Å²) in [4.78, 5) is 21.5. The minimum atomic E-state index is -0.291. The van der Waals surface area contributed by atoms with E-state index in [0.29, 0.717) is 34.3 Å². The normalized spacial score (nSPS) is 11.2. The molecule has 0 aliphatic heterocycles. The number of hydrogen-bond donors (Lipinski definition) is 1. The molecule has 6 nitrogen and oxygen atoms in total. The van der Waals surface area contributed by atoms with Crippen LogP contribution in [0.5, 0.6) is 0 Å². The summed E-state index contributed by atoms with van der Waals surface area (Å²) in [6, 6.07) is 8.06. The molecule has 1 N–H and O–H groups in total. The van der Waals surface area contributed by atoms with E-state index in [1.807, 2.05) is 12.3 Å². The summed E-state index contributed by atoms with van der Waals surface area (Å²) < 4.78 is 15.1. The second kappa shape index (κ2) is 6.93. The molecular formula is C17H14FN5OS2. The predicted molar refractivity (Wildman–Crippen MR) is 101 cm³/mol. The van der Waals surface area contributed by atoms with Gasteiger partial charge < -0.3 is 5.32 Å². The lowest BCUT2D eigenvalue weighted by Crippen LogP contribution is -2.15. The third kappa shape index (κ3) is 3.23. The first-order chi connectivity index (χ1) is 12.6. The van der Waals surface area contributed by atoms with Crippen molar-refractivity contribution in [1.82, 2.24) is 19.6 Å². The van der Waals surface area contributed by atoms with Gasteiger partial charge in [0.1, 0.15) is 10.8 Å². The van der Waals surface area contributed by atoms with Gasteiger partial charge in [0.2, 0.25) is 10.1 Å². The highest BCUT2D eigenvalue weighted by Gasteiger charge is 2.11. The molecule has 0 fully saturated rings. The molecule has 0 saturated heterocycles. The van der Waals surface area contributed by atoms with Gasteiger partial charge in [-0.25, -0.2) is 14.4 Å². The minimum Gasteiger partial charge on any atom is -0.354 e. The Labute approximate surface area is 156 Å². The highest BCUT2D eigenvalue weighted by atomic mass is 32.1. The first-order valence-corrected chi connectivity index (χ1v) is 9.66. The number of aryl methyl sites for hydroxylation is 1. The topological polar surface area (TPSA) is 72.2 Å². The van der Waals surface area contributed by atoms with E-state index in [1.165, 1.54) is 39.3 Å². The maximum Gasteiger partial charge on any atom is 0.275 e. The molecule has 0 saturated carbocycles. The summed E-state index contributed by atoms with van der Waals surface area (Å²) in [5.41, 5.74) is 1.66. The first kappa shape index (κ1) is 16.8. The molecule has 4 rings (SSSR count). The van der Waals surface area contributed by atoms with Gasteiger partial charge in [-0.3, -0.25) is 4.79 Å². The summed E-state index contributed by atoms with van der Waals surface area (Å²) in [5, 5.41) is 10.6. The number of rotatable bonds is 5. The molecule has 0 spiro atoms. The zero-order chi connectivity index (χ0) is 18.1. The predicted octanol–water partition coefficient (Wildman–Crippen LogP) is 3.59. The van der Waals surface area contributed by atoms with Crippen LogP contribution < -0.4 is 10.9 Å². The standard InChI is InChI=1S/C17H14FN5OS2/c1-2-10-7-15(24)23-17(20-10)26-16(22-23)19-8-14-21-13(9-25-14)11-5-3-4-6-12(11)18/h3-7,9H,2,8H2,1H3,(H,19,22). The molecule has 0 bridgehead atoms.